The van der Waals surface area contributed by atoms with Crippen LogP contribution in [0, 0.1) is 11.8 Å². The van der Waals surface area contributed by atoms with Crippen LogP contribution in [0.4, 0.5) is 5.82 Å². The maximum Gasteiger partial charge on any atom is 0.242 e. The van der Waals surface area contributed by atoms with Crippen LogP contribution < -0.4 is 11.1 Å². The average molecular weight is 548 g/mol. The van der Waals surface area contributed by atoms with E-state index in [0.29, 0.717) is 36.0 Å². The Labute approximate surface area is 229 Å². The number of carbonyl (C=O) groups excluding carboxylic acids is 2. The van der Waals surface area contributed by atoms with Gasteiger partial charge in [0.15, 0.2) is 6.61 Å². The zero-order chi connectivity index (χ0) is 28.3. The molecule has 210 valence electrons. The van der Waals surface area contributed by atoms with E-state index in [9.17, 15) is 9.59 Å². The van der Waals surface area contributed by atoms with Crippen molar-refractivity contribution in [1.29, 1.82) is 0 Å². The molecule has 0 radical (unpaired) electrons. The highest BCUT2D eigenvalue weighted by Gasteiger charge is 2.24. The monoisotopic (exact) mass is 547 g/mol. The maximum absolute atomic E-state index is 12.2. The summed E-state index contributed by atoms with van der Waals surface area (Å²) in [6.07, 6.45) is 2.92. The Morgan fingerprint density at radius 1 is 1.21 bits per heavy atom. The first kappa shape index (κ1) is 31.5. The summed E-state index contributed by atoms with van der Waals surface area (Å²) in [6, 6.07) is 3.16. The molecule has 2 heterocycles. The molecule has 10 nitrogen and oxygen atoms in total. The Morgan fingerprint density at radius 2 is 1.95 bits per heavy atom. The van der Waals surface area contributed by atoms with Gasteiger partial charge in [0.25, 0.3) is 0 Å². The van der Waals surface area contributed by atoms with Gasteiger partial charge in [-0.15, -0.1) is 11.3 Å². The van der Waals surface area contributed by atoms with Gasteiger partial charge in [0.05, 0.1) is 30.6 Å². The smallest absolute Gasteiger partial charge is 0.242 e. The molecule has 2 atom stereocenters. The van der Waals surface area contributed by atoms with E-state index in [1.54, 1.807) is 25.6 Å². The number of nitrogens with one attached hydrogen (secondary N) is 1. The van der Waals surface area contributed by atoms with Gasteiger partial charge in [0, 0.05) is 30.2 Å². The molecule has 1 unspecified atom stereocenters. The number of carbonyl (C=O) groups is 2. The second-order valence-corrected chi connectivity index (χ2v) is 11.3. The number of oxime groups is 1. The van der Waals surface area contributed by atoms with Crippen LogP contribution >= 0.6 is 11.3 Å². The number of pyridine rings is 1. The lowest BCUT2D eigenvalue weighted by atomic mass is 9.92. The Kier molecular flexibility index (Phi) is 12.4. The lowest BCUT2D eigenvalue weighted by molar-refractivity contribution is -0.122. The highest BCUT2D eigenvalue weighted by atomic mass is 32.1. The fourth-order valence-corrected chi connectivity index (χ4v) is 4.35. The summed E-state index contributed by atoms with van der Waals surface area (Å²) >= 11 is 1.41. The first-order chi connectivity index (χ1) is 17.9. The molecule has 38 heavy (non-hydrogen) atoms. The molecule has 0 aliphatic heterocycles. The van der Waals surface area contributed by atoms with E-state index in [0.717, 1.165) is 10.6 Å². The zero-order valence-corrected chi connectivity index (χ0v) is 24.3. The number of anilines is 1. The summed E-state index contributed by atoms with van der Waals surface area (Å²) in [7, 11) is 1.58. The number of hydrogen-bond donors (Lipinski definition) is 2. The van der Waals surface area contributed by atoms with Gasteiger partial charge in [-0.3, -0.25) is 14.6 Å². The van der Waals surface area contributed by atoms with Crippen LogP contribution in [-0.2, 0) is 30.5 Å². The van der Waals surface area contributed by atoms with Gasteiger partial charge in [-0.05, 0) is 51.7 Å². The van der Waals surface area contributed by atoms with Gasteiger partial charge >= 0.3 is 0 Å². The largest absolute Gasteiger partial charge is 0.389 e. The number of ether oxygens (including phenoxy) is 2. The number of aromatic nitrogens is 2. The molecule has 11 heteroatoms. The molecule has 0 fully saturated rings. The van der Waals surface area contributed by atoms with Crippen molar-refractivity contribution in [3.63, 3.8) is 0 Å². The number of nitrogens with zero attached hydrogens (tertiary/aromatic N) is 3. The van der Waals surface area contributed by atoms with Crippen molar-refractivity contribution in [1.82, 2.24) is 9.97 Å². The van der Waals surface area contributed by atoms with Gasteiger partial charge in [0.2, 0.25) is 5.91 Å². The highest BCUT2D eigenvalue weighted by molar-refractivity contribution is 7.13. The third-order valence-corrected chi connectivity index (χ3v) is 6.62. The highest BCUT2D eigenvalue weighted by Crippen LogP contribution is 2.26. The fourth-order valence-electron chi connectivity index (χ4n) is 3.60. The zero-order valence-electron chi connectivity index (χ0n) is 23.4. The molecule has 1 amide bonds. The standard InChI is InChI=1S/C27H41N5O5S/c1-17(2)10-23(28)25(34)30-24-16-38-26(31-24)20-8-9-21(29-12-20)15-37-32-22(13-35-7)14-36-27(5,6)11-18(3)19(4)33/h8-9,12,16-18,23H,10-11,13-15,28H2,1-7H3,(H,30,34)/b32-22+/t18-,23?/m1/s1. The number of thiazole rings is 1. The van der Waals surface area contributed by atoms with E-state index < -0.39 is 11.6 Å². The quantitative estimate of drug-likeness (QED) is 0.232. The lowest BCUT2D eigenvalue weighted by Gasteiger charge is -2.27. The van der Waals surface area contributed by atoms with Crippen LogP contribution in [0.2, 0.25) is 0 Å². The summed E-state index contributed by atoms with van der Waals surface area (Å²) in [5.41, 5.74) is 7.57. The van der Waals surface area contributed by atoms with Gasteiger partial charge in [0.1, 0.15) is 22.3 Å². The number of Topliss-reactive ketones (excluding diaryl/α,β-unsaturated/α-hetero) is 1. The summed E-state index contributed by atoms with van der Waals surface area (Å²) in [5.74, 6) is 0.622. The van der Waals surface area contributed by atoms with Gasteiger partial charge < -0.3 is 25.4 Å². The molecule has 3 N–H and O–H groups in total. The minimum absolute atomic E-state index is 0.0826. The normalized spacial score (nSPS) is 13.9. The lowest BCUT2D eigenvalue weighted by Crippen LogP contribution is -2.36. The number of rotatable bonds is 16. The van der Waals surface area contributed by atoms with Crippen molar-refractivity contribution in [2.24, 2.45) is 22.7 Å². The van der Waals surface area contributed by atoms with Crippen LogP contribution in [-0.4, -0.2) is 59.3 Å². The summed E-state index contributed by atoms with van der Waals surface area (Å²) < 4.78 is 11.2. The maximum atomic E-state index is 12.2. The van der Waals surface area contributed by atoms with Gasteiger partial charge in [-0.25, -0.2) is 4.98 Å². The third-order valence-electron chi connectivity index (χ3n) is 5.73. The van der Waals surface area contributed by atoms with Crippen molar-refractivity contribution in [3.05, 3.63) is 29.4 Å². The summed E-state index contributed by atoms with van der Waals surface area (Å²) in [6.45, 7) is 12.1. The van der Waals surface area contributed by atoms with Crippen molar-refractivity contribution in [2.75, 3.05) is 25.6 Å². The molecule has 0 saturated carbocycles. The van der Waals surface area contributed by atoms with Crippen LogP contribution in [0.5, 0.6) is 0 Å². The Morgan fingerprint density at radius 3 is 2.55 bits per heavy atom. The van der Waals surface area contributed by atoms with Crippen LogP contribution in [0.1, 0.15) is 60.1 Å². The summed E-state index contributed by atoms with van der Waals surface area (Å²) in [5, 5.41) is 9.46. The molecular weight excluding hydrogens is 506 g/mol. The molecule has 0 spiro atoms. The fraction of sp³-hybridized carbons (Fsp3) is 0.593. The number of methoxy groups -OCH3 is 1. The number of nitrogens with two attached hydrogens (primary N) is 1. The minimum atomic E-state index is -0.568. The van der Waals surface area contributed by atoms with Crippen molar-refractivity contribution in [2.45, 2.75) is 72.6 Å². The first-order valence-corrected chi connectivity index (χ1v) is 13.6. The topological polar surface area (TPSA) is 138 Å². The minimum Gasteiger partial charge on any atom is -0.389 e. The van der Waals surface area contributed by atoms with E-state index >= 15 is 0 Å². The number of ketones is 1. The molecule has 0 aliphatic rings. The number of amides is 1. The van der Waals surface area contributed by atoms with Gasteiger partial charge in [-0.1, -0.05) is 25.9 Å². The van der Waals surface area contributed by atoms with E-state index in [1.807, 2.05) is 46.8 Å². The second-order valence-electron chi connectivity index (χ2n) is 10.4. The van der Waals surface area contributed by atoms with Crippen LogP contribution in [0.25, 0.3) is 10.6 Å². The molecule has 0 saturated heterocycles. The van der Waals surface area contributed by atoms with Crippen molar-refractivity contribution >= 4 is 34.6 Å². The molecule has 0 aliphatic carbocycles. The summed E-state index contributed by atoms with van der Waals surface area (Å²) in [4.78, 5) is 38.2. The molecule has 2 aromatic heterocycles. The molecule has 0 bridgehead atoms. The van der Waals surface area contributed by atoms with Crippen molar-refractivity contribution in [3.8, 4) is 10.6 Å². The third kappa shape index (κ3) is 10.9. The second kappa shape index (κ2) is 15.0. The average Bonchev–Trinajstić information content (AvgIpc) is 3.30. The van der Waals surface area contributed by atoms with Crippen molar-refractivity contribution < 1.29 is 23.9 Å². The Balaban J connectivity index is 1.90. The predicted molar refractivity (Wildman–Crippen MR) is 150 cm³/mol. The molecule has 2 aromatic rings. The molecule has 2 rings (SSSR count). The van der Waals surface area contributed by atoms with E-state index in [-0.39, 0.29) is 37.4 Å². The van der Waals surface area contributed by atoms with E-state index in [4.69, 9.17) is 20.0 Å². The molecule has 0 aromatic carbocycles. The number of hydrogen-bond acceptors (Lipinski definition) is 10. The Hall–Kier alpha value is -2.73. The Bertz CT molecular complexity index is 1070. The first-order valence-electron chi connectivity index (χ1n) is 12.7. The van der Waals surface area contributed by atoms with Gasteiger partial charge in [-0.2, -0.15) is 0 Å². The predicted octanol–water partition coefficient (Wildman–Crippen LogP) is 4.45. The van der Waals surface area contributed by atoms with Crippen LogP contribution in [0.15, 0.2) is 28.9 Å². The molecular formula is C27H41N5O5S. The SMILES string of the molecule is COC/C(COC(C)(C)C[C@@H](C)C(C)=O)=N\OCc1ccc(-c2nc(NC(=O)C(N)CC(C)C)cs2)cn1. The van der Waals surface area contributed by atoms with Crippen LogP contribution in [0.3, 0.4) is 0 Å². The van der Waals surface area contributed by atoms with E-state index in [2.05, 4.69) is 20.4 Å². The van der Waals surface area contributed by atoms with E-state index in [1.165, 1.54) is 11.3 Å².